The van der Waals surface area contributed by atoms with Crippen LogP contribution in [0.25, 0.3) is 5.65 Å². The van der Waals surface area contributed by atoms with Crippen molar-refractivity contribution >= 4 is 27.5 Å². The first-order valence-electron chi connectivity index (χ1n) is 3.89. The molecule has 0 saturated carbocycles. The molecule has 2 rings (SSSR count). The number of aromatic nitrogens is 3. The summed E-state index contributed by atoms with van der Waals surface area (Å²) < 4.78 is 2.41. The molecule has 0 aromatic carbocycles. The van der Waals surface area contributed by atoms with E-state index >= 15 is 0 Å². The first kappa shape index (κ1) is 9.14. The maximum atomic E-state index is 10.5. The average molecular weight is 256 g/mol. The van der Waals surface area contributed by atoms with Gasteiger partial charge in [0.2, 0.25) is 0 Å². The molecule has 0 spiro atoms. The SMILES string of the molecule is O=C(O)Cc1nnc2cccc(Br)n12. The van der Waals surface area contributed by atoms with E-state index in [2.05, 4.69) is 26.1 Å². The molecule has 6 heteroatoms. The number of hydrogen-bond acceptors (Lipinski definition) is 3. The second-order valence-corrected chi connectivity index (χ2v) is 3.54. The van der Waals surface area contributed by atoms with Crippen molar-refractivity contribution in [2.45, 2.75) is 6.42 Å². The van der Waals surface area contributed by atoms with Crippen LogP contribution >= 0.6 is 15.9 Å². The molecule has 0 fully saturated rings. The Kier molecular flexibility index (Phi) is 2.20. The van der Waals surface area contributed by atoms with Gasteiger partial charge in [-0.05, 0) is 28.1 Å². The van der Waals surface area contributed by atoms with Crippen molar-refractivity contribution in [2.75, 3.05) is 0 Å². The Morgan fingerprint density at radius 2 is 2.29 bits per heavy atom. The Labute approximate surface area is 87.5 Å². The van der Waals surface area contributed by atoms with Crippen molar-refractivity contribution in [3.05, 3.63) is 28.6 Å². The van der Waals surface area contributed by atoms with Crippen LogP contribution < -0.4 is 0 Å². The summed E-state index contributed by atoms with van der Waals surface area (Å²) in [5, 5.41) is 16.3. The Balaban J connectivity index is 2.61. The fourth-order valence-corrected chi connectivity index (χ4v) is 1.75. The van der Waals surface area contributed by atoms with Crippen LogP contribution in [-0.4, -0.2) is 25.7 Å². The first-order chi connectivity index (χ1) is 6.68. The summed E-state index contributed by atoms with van der Waals surface area (Å²) in [7, 11) is 0. The Morgan fingerprint density at radius 3 is 3.00 bits per heavy atom. The normalized spacial score (nSPS) is 10.6. The fraction of sp³-hybridized carbons (Fsp3) is 0.125. The number of carboxylic acid groups (broad SMARTS) is 1. The third-order valence-electron chi connectivity index (χ3n) is 1.76. The van der Waals surface area contributed by atoms with Gasteiger partial charge in [0, 0.05) is 0 Å². The molecular weight excluding hydrogens is 250 g/mol. The van der Waals surface area contributed by atoms with E-state index < -0.39 is 5.97 Å². The van der Waals surface area contributed by atoms with Crippen molar-refractivity contribution < 1.29 is 9.90 Å². The van der Waals surface area contributed by atoms with Crippen LogP contribution in [0.15, 0.2) is 22.8 Å². The van der Waals surface area contributed by atoms with E-state index in [0.29, 0.717) is 11.5 Å². The van der Waals surface area contributed by atoms with Gasteiger partial charge >= 0.3 is 5.97 Å². The van der Waals surface area contributed by atoms with E-state index in [9.17, 15) is 4.79 Å². The summed E-state index contributed by atoms with van der Waals surface area (Å²) in [6.45, 7) is 0. The van der Waals surface area contributed by atoms with Crippen molar-refractivity contribution in [1.29, 1.82) is 0 Å². The molecule has 0 bridgehead atoms. The topological polar surface area (TPSA) is 67.5 Å². The van der Waals surface area contributed by atoms with Crippen molar-refractivity contribution in [2.24, 2.45) is 0 Å². The largest absolute Gasteiger partial charge is 0.481 e. The average Bonchev–Trinajstić information content (AvgIpc) is 2.49. The van der Waals surface area contributed by atoms with Crippen LogP contribution in [-0.2, 0) is 11.2 Å². The highest BCUT2D eigenvalue weighted by Gasteiger charge is 2.10. The fourth-order valence-electron chi connectivity index (χ4n) is 1.21. The minimum atomic E-state index is -0.921. The number of nitrogens with zero attached hydrogens (tertiary/aromatic N) is 3. The minimum absolute atomic E-state index is 0.135. The molecule has 0 atom stereocenters. The second-order valence-electron chi connectivity index (χ2n) is 2.73. The molecule has 0 aliphatic heterocycles. The van der Waals surface area contributed by atoms with Gasteiger partial charge in [0.15, 0.2) is 5.65 Å². The second kappa shape index (κ2) is 3.38. The molecule has 2 aromatic heterocycles. The number of carbonyl (C=O) groups is 1. The molecule has 2 heterocycles. The zero-order valence-corrected chi connectivity index (χ0v) is 8.60. The van der Waals surface area contributed by atoms with Crippen LogP contribution in [0, 0.1) is 0 Å². The number of fused-ring (bicyclic) bond motifs is 1. The molecule has 14 heavy (non-hydrogen) atoms. The maximum Gasteiger partial charge on any atom is 0.311 e. The smallest absolute Gasteiger partial charge is 0.311 e. The number of hydrogen-bond donors (Lipinski definition) is 1. The van der Waals surface area contributed by atoms with Gasteiger partial charge < -0.3 is 5.11 Å². The number of aliphatic carboxylic acids is 1. The van der Waals surface area contributed by atoms with Gasteiger partial charge in [-0.3, -0.25) is 9.20 Å². The van der Waals surface area contributed by atoms with Gasteiger partial charge in [-0.25, -0.2) is 0 Å². The standard InChI is InChI=1S/C8H6BrN3O2/c9-5-2-1-3-6-10-11-7(12(5)6)4-8(13)14/h1-3H,4H2,(H,13,14). The van der Waals surface area contributed by atoms with Crippen molar-refractivity contribution in [3.8, 4) is 0 Å². The van der Waals surface area contributed by atoms with E-state index in [4.69, 9.17) is 5.11 Å². The summed E-state index contributed by atoms with van der Waals surface area (Å²) in [5.41, 5.74) is 0.635. The third-order valence-corrected chi connectivity index (χ3v) is 2.38. The zero-order valence-electron chi connectivity index (χ0n) is 7.01. The molecule has 0 aliphatic carbocycles. The van der Waals surface area contributed by atoms with Crippen molar-refractivity contribution in [1.82, 2.24) is 14.6 Å². The molecule has 2 aromatic rings. The first-order valence-corrected chi connectivity index (χ1v) is 4.68. The number of carboxylic acids is 1. The molecule has 0 aliphatic rings. The van der Waals surface area contributed by atoms with Gasteiger partial charge in [-0.2, -0.15) is 0 Å². The molecule has 0 saturated heterocycles. The number of pyridine rings is 1. The van der Waals surface area contributed by atoms with Gasteiger partial charge in [0.05, 0.1) is 4.60 Å². The summed E-state index contributed by atoms with van der Waals surface area (Å²) in [6, 6.07) is 5.39. The van der Waals surface area contributed by atoms with Crippen LogP contribution in [0.3, 0.4) is 0 Å². The molecule has 0 unspecified atom stereocenters. The lowest BCUT2D eigenvalue weighted by Crippen LogP contribution is -2.05. The lowest BCUT2D eigenvalue weighted by atomic mass is 10.4. The van der Waals surface area contributed by atoms with Gasteiger partial charge in [0.25, 0.3) is 0 Å². The predicted molar refractivity (Wildman–Crippen MR) is 52.0 cm³/mol. The molecule has 0 amide bonds. The van der Waals surface area contributed by atoms with Gasteiger partial charge in [0.1, 0.15) is 12.2 Å². The Hall–Kier alpha value is -1.43. The highest BCUT2D eigenvalue weighted by Crippen LogP contribution is 2.14. The summed E-state index contributed by atoms with van der Waals surface area (Å²) in [6.07, 6.45) is -0.135. The van der Waals surface area contributed by atoms with Crippen LogP contribution in [0.1, 0.15) is 5.82 Å². The number of halogens is 1. The van der Waals surface area contributed by atoms with Crippen LogP contribution in [0.4, 0.5) is 0 Å². The van der Waals surface area contributed by atoms with Crippen LogP contribution in [0.2, 0.25) is 0 Å². The molecule has 72 valence electrons. The van der Waals surface area contributed by atoms with Crippen LogP contribution in [0.5, 0.6) is 0 Å². The zero-order chi connectivity index (χ0) is 10.1. The van der Waals surface area contributed by atoms with E-state index in [-0.39, 0.29) is 6.42 Å². The van der Waals surface area contributed by atoms with Gasteiger partial charge in [-0.1, -0.05) is 6.07 Å². The quantitative estimate of drug-likeness (QED) is 0.817. The third kappa shape index (κ3) is 1.48. The van der Waals surface area contributed by atoms with Crippen molar-refractivity contribution in [3.63, 3.8) is 0 Å². The maximum absolute atomic E-state index is 10.5. The van der Waals surface area contributed by atoms with Gasteiger partial charge in [-0.15, -0.1) is 10.2 Å². The minimum Gasteiger partial charge on any atom is -0.481 e. The predicted octanol–water partition coefficient (Wildman–Crippen LogP) is 1.12. The summed E-state index contributed by atoms with van der Waals surface area (Å²) in [5.74, 6) is -0.505. The summed E-state index contributed by atoms with van der Waals surface area (Å²) >= 11 is 3.31. The van der Waals surface area contributed by atoms with E-state index in [1.807, 2.05) is 12.1 Å². The molecule has 1 N–H and O–H groups in total. The highest BCUT2D eigenvalue weighted by atomic mass is 79.9. The Morgan fingerprint density at radius 1 is 1.50 bits per heavy atom. The number of rotatable bonds is 2. The molecular formula is C8H6BrN3O2. The van der Waals surface area contributed by atoms with E-state index in [1.54, 1.807) is 10.5 Å². The monoisotopic (exact) mass is 255 g/mol. The van der Waals surface area contributed by atoms with E-state index in [0.717, 1.165) is 4.60 Å². The molecule has 5 nitrogen and oxygen atoms in total. The molecule has 0 radical (unpaired) electrons. The lowest BCUT2D eigenvalue weighted by molar-refractivity contribution is -0.136. The highest BCUT2D eigenvalue weighted by molar-refractivity contribution is 9.10. The Bertz CT molecular complexity index is 494. The lowest BCUT2D eigenvalue weighted by Gasteiger charge is -1.98. The summed E-state index contributed by atoms with van der Waals surface area (Å²) in [4.78, 5) is 10.5. The van der Waals surface area contributed by atoms with E-state index in [1.165, 1.54) is 0 Å².